The second-order valence-corrected chi connectivity index (χ2v) is 5.54. The van der Waals surface area contributed by atoms with Crippen LogP contribution in [0.3, 0.4) is 0 Å². The summed E-state index contributed by atoms with van der Waals surface area (Å²) < 4.78 is 4.65. The molecule has 1 saturated heterocycles. The zero-order valence-electron chi connectivity index (χ0n) is 11.0. The van der Waals surface area contributed by atoms with Crippen molar-refractivity contribution in [2.75, 3.05) is 12.5 Å². The number of thiazole rings is 1. The molecule has 1 aromatic rings. The van der Waals surface area contributed by atoms with Crippen molar-refractivity contribution in [2.45, 2.75) is 45.2 Å². The highest BCUT2D eigenvalue weighted by molar-refractivity contribution is 7.13. The van der Waals surface area contributed by atoms with E-state index in [9.17, 15) is 4.79 Å². The minimum Gasteiger partial charge on any atom is -0.464 e. The van der Waals surface area contributed by atoms with Crippen molar-refractivity contribution in [1.29, 1.82) is 0 Å². The molecule has 6 heteroatoms. The Morgan fingerprint density at radius 2 is 2.17 bits per heavy atom. The third-order valence-electron chi connectivity index (χ3n) is 3.32. The number of aromatic nitrogens is 1. The molecule has 0 bridgehead atoms. The molecular formula is C12H19N3O2S. The standard InChI is InChI=1S/C12H19N3O2S/c1-8-5-4-6-9(2)15(8)14-12-13-10(7-18-12)11(16)17-3/h7-9H,4-6H2,1-3H3,(H,13,14). The van der Waals surface area contributed by atoms with E-state index in [0.717, 1.165) is 5.13 Å². The molecule has 2 rings (SSSR count). The van der Waals surface area contributed by atoms with Gasteiger partial charge in [-0.15, -0.1) is 11.3 Å². The van der Waals surface area contributed by atoms with Gasteiger partial charge in [0.2, 0.25) is 0 Å². The van der Waals surface area contributed by atoms with Gasteiger partial charge in [-0.25, -0.2) is 14.8 Å². The van der Waals surface area contributed by atoms with Crippen molar-refractivity contribution in [1.82, 2.24) is 9.99 Å². The first kappa shape index (κ1) is 13.3. The molecule has 2 heterocycles. The topological polar surface area (TPSA) is 54.5 Å². The summed E-state index contributed by atoms with van der Waals surface area (Å²) in [4.78, 5) is 15.6. The van der Waals surface area contributed by atoms with Gasteiger partial charge >= 0.3 is 5.97 Å². The third-order valence-corrected chi connectivity index (χ3v) is 4.06. The minimum atomic E-state index is -0.390. The molecule has 5 nitrogen and oxygen atoms in total. The highest BCUT2D eigenvalue weighted by atomic mass is 32.1. The largest absolute Gasteiger partial charge is 0.464 e. The average molecular weight is 269 g/mol. The molecule has 0 aliphatic carbocycles. The molecule has 1 N–H and O–H groups in total. The highest BCUT2D eigenvalue weighted by Crippen LogP contribution is 2.25. The maximum Gasteiger partial charge on any atom is 0.357 e. The molecule has 0 spiro atoms. The summed E-state index contributed by atoms with van der Waals surface area (Å²) in [6, 6.07) is 0.971. The number of hydrogen-bond donors (Lipinski definition) is 1. The number of ether oxygens (including phenoxy) is 1. The lowest BCUT2D eigenvalue weighted by Crippen LogP contribution is -2.47. The monoisotopic (exact) mass is 269 g/mol. The van der Waals surface area contributed by atoms with E-state index in [1.165, 1.54) is 37.7 Å². The van der Waals surface area contributed by atoms with Gasteiger partial charge in [-0.1, -0.05) is 6.42 Å². The number of nitrogens with one attached hydrogen (secondary N) is 1. The van der Waals surface area contributed by atoms with Gasteiger partial charge in [-0.3, -0.25) is 5.43 Å². The molecule has 1 aromatic heterocycles. The highest BCUT2D eigenvalue weighted by Gasteiger charge is 2.25. The number of carbonyl (C=O) groups is 1. The van der Waals surface area contributed by atoms with Crippen LogP contribution in [0.25, 0.3) is 0 Å². The van der Waals surface area contributed by atoms with Crippen LogP contribution >= 0.6 is 11.3 Å². The minimum absolute atomic E-state index is 0.363. The van der Waals surface area contributed by atoms with Crippen molar-refractivity contribution < 1.29 is 9.53 Å². The van der Waals surface area contributed by atoms with Crippen molar-refractivity contribution in [3.05, 3.63) is 11.1 Å². The van der Waals surface area contributed by atoms with Gasteiger partial charge in [0, 0.05) is 17.5 Å². The molecule has 0 radical (unpaired) electrons. The summed E-state index contributed by atoms with van der Waals surface area (Å²) in [7, 11) is 1.36. The van der Waals surface area contributed by atoms with Crippen molar-refractivity contribution >= 4 is 22.4 Å². The predicted molar refractivity (Wildman–Crippen MR) is 71.7 cm³/mol. The maximum absolute atomic E-state index is 11.3. The summed E-state index contributed by atoms with van der Waals surface area (Å²) in [5.74, 6) is -0.390. The quantitative estimate of drug-likeness (QED) is 0.855. The van der Waals surface area contributed by atoms with Gasteiger partial charge in [0.1, 0.15) is 0 Å². The fraction of sp³-hybridized carbons (Fsp3) is 0.667. The second-order valence-electron chi connectivity index (χ2n) is 4.68. The number of hydrogen-bond acceptors (Lipinski definition) is 6. The van der Waals surface area contributed by atoms with Crippen LogP contribution < -0.4 is 5.43 Å². The summed E-state index contributed by atoms with van der Waals surface area (Å²) in [6.07, 6.45) is 3.64. The molecule has 1 aliphatic heterocycles. The average Bonchev–Trinajstić information content (AvgIpc) is 2.81. The number of carbonyl (C=O) groups excluding carboxylic acids is 1. The first-order chi connectivity index (χ1) is 8.61. The van der Waals surface area contributed by atoms with Crippen LogP contribution in [0.15, 0.2) is 5.38 Å². The number of esters is 1. The number of rotatable bonds is 3. The maximum atomic E-state index is 11.3. The normalized spacial score (nSPS) is 24.8. The fourth-order valence-electron chi connectivity index (χ4n) is 2.28. The Hall–Kier alpha value is -1.14. The number of methoxy groups -OCH3 is 1. The lowest BCUT2D eigenvalue weighted by atomic mass is 10.00. The Bertz CT molecular complexity index is 411. The SMILES string of the molecule is COC(=O)c1csc(NN2C(C)CCCC2C)n1. The van der Waals surface area contributed by atoms with Crippen LogP contribution in [0.1, 0.15) is 43.6 Å². The van der Waals surface area contributed by atoms with Gasteiger partial charge in [0.15, 0.2) is 10.8 Å². The number of nitrogens with zero attached hydrogens (tertiary/aromatic N) is 2. The van der Waals surface area contributed by atoms with E-state index in [4.69, 9.17) is 0 Å². The Kier molecular flexibility index (Phi) is 4.19. The van der Waals surface area contributed by atoms with Crippen molar-refractivity contribution in [2.24, 2.45) is 0 Å². The lowest BCUT2D eigenvalue weighted by molar-refractivity contribution is 0.0595. The van der Waals surface area contributed by atoms with Gasteiger partial charge in [0.25, 0.3) is 0 Å². The van der Waals surface area contributed by atoms with Crippen LogP contribution in [0.5, 0.6) is 0 Å². The summed E-state index contributed by atoms with van der Waals surface area (Å²) in [6.45, 7) is 4.41. The molecule has 0 amide bonds. The van der Waals surface area contributed by atoms with E-state index in [1.807, 2.05) is 0 Å². The van der Waals surface area contributed by atoms with E-state index < -0.39 is 0 Å². The van der Waals surface area contributed by atoms with Crippen LogP contribution in [-0.4, -0.2) is 35.2 Å². The van der Waals surface area contributed by atoms with Crippen molar-refractivity contribution in [3.63, 3.8) is 0 Å². The Morgan fingerprint density at radius 1 is 1.50 bits per heavy atom. The van der Waals surface area contributed by atoms with Crippen LogP contribution in [0.2, 0.25) is 0 Å². The Balaban J connectivity index is 2.04. The van der Waals surface area contributed by atoms with Crippen LogP contribution in [0.4, 0.5) is 5.13 Å². The number of hydrazine groups is 1. The molecule has 1 aliphatic rings. The predicted octanol–water partition coefficient (Wildman–Crippen LogP) is 2.52. The number of anilines is 1. The molecule has 18 heavy (non-hydrogen) atoms. The Morgan fingerprint density at radius 3 is 2.78 bits per heavy atom. The molecular weight excluding hydrogens is 250 g/mol. The van der Waals surface area contributed by atoms with Gasteiger partial charge < -0.3 is 4.74 Å². The molecule has 1 fully saturated rings. The van der Waals surface area contributed by atoms with Crippen molar-refractivity contribution in [3.8, 4) is 0 Å². The van der Waals surface area contributed by atoms with Gasteiger partial charge in [0.05, 0.1) is 7.11 Å². The van der Waals surface area contributed by atoms with E-state index >= 15 is 0 Å². The van der Waals surface area contributed by atoms with Gasteiger partial charge in [-0.2, -0.15) is 0 Å². The molecule has 100 valence electrons. The third kappa shape index (κ3) is 2.81. The first-order valence-corrected chi connectivity index (χ1v) is 7.08. The fourth-order valence-corrected chi connectivity index (χ4v) is 2.96. The van der Waals surface area contributed by atoms with Crippen LogP contribution in [0, 0.1) is 0 Å². The van der Waals surface area contributed by atoms with E-state index in [1.54, 1.807) is 5.38 Å². The van der Waals surface area contributed by atoms with E-state index in [0.29, 0.717) is 17.8 Å². The second kappa shape index (κ2) is 5.67. The smallest absolute Gasteiger partial charge is 0.357 e. The lowest BCUT2D eigenvalue weighted by Gasteiger charge is -2.38. The van der Waals surface area contributed by atoms with E-state index in [2.05, 4.69) is 34.0 Å². The summed E-state index contributed by atoms with van der Waals surface area (Å²) >= 11 is 1.43. The number of piperidine rings is 1. The first-order valence-electron chi connectivity index (χ1n) is 6.20. The molecule has 2 unspecified atom stereocenters. The molecule has 0 saturated carbocycles. The molecule has 0 aromatic carbocycles. The zero-order chi connectivity index (χ0) is 13.1. The van der Waals surface area contributed by atoms with E-state index in [-0.39, 0.29) is 5.97 Å². The van der Waals surface area contributed by atoms with Gasteiger partial charge in [-0.05, 0) is 26.7 Å². The zero-order valence-corrected chi connectivity index (χ0v) is 11.8. The Labute approximate surface area is 111 Å². The van der Waals surface area contributed by atoms with Crippen LogP contribution in [-0.2, 0) is 4.74 Å². The summed E-state index contributed by atoms with van der Waals surface area (Å²) in [5, 5.41) is 4.69. The molecule has 2 atom stereocenters. The summed E-state index contributed by atoms with van der Waals surface area (Å²) in [5.41, 5.74) is 3.68.